The van der Waals surface area contributed by atoms with Crippen LogP contribution in [0.4, 0.5) is 5.82 Å². The van der Waals surface area contributed by atoms with Gasteiger partial charge in [-0.1, -0.05) is 12.1 Å². The van der Waals surface area contributed by atoms with Crippen molar-refractivity contribution < 1.29 is 9.90 Å². The van der Waals surface area contributed by atoms with Gasteiger partial charge in [-0.25, -0.2) is 15.8 Å². The van der Waals surface area contributed by atoms with Crippen LogP contribution in [0.25, 0.3) is 16.6 Å². The summed E-state index contributed by atoms with van der Waals surface area (Å²) in [7, 11) is 0. The average Bonchev–Trinajstić information content (AvgIpc) is 3.16. The molecule has 7 heteroatoms. The van der Waals surface area contributed by atoms with Crippen molar-refractivity contribution >= 4 is 29.1 Å². The van der Waals surface area contributed by atoms with E-state index in [1.165, 1.54) is 17.4 Å². The number of thiazole rings is 1. The van der Waals surface area contributed by atoms with E-state index in [1.54, 1.807) is 60.0 Å². The Morgan fingerprint density at radius 2 is 2.04 bits per heavy atom. The fraction of sp³-hybridized carbons (Fsp3) is 0. The maximum absolute atomic E-state index is 12.2. The van der Waals surface area contributed by atoms with Gasteiger partial charge in [-0.05, 0) is 48.0 Å². The molecule has 0 aliphatic rings. The number of amides is 1. The number of hydrogen-bond acceptors (Lipinski definition) is 6. The van der Waals surface area contributed by atoms with Gasteiger partial charge in [0.15, 0.2) is 5.82 Å². The molecule has 0 fully saturated rings. The van der Waals surface area contributed by atoms with E-state index in [0.717, 1.165) is 16.1 Å². The van der Waals surface area contributed by atoms with Crippen molar-refractivity contribution in [3.05, 3.63) is 71.1 Å². The third-order valence-corrected chi connectivity index (χ3v) is 4.40. The zero-order valence-corrected chi connectivity index (χ0v) is 14.4. The van der Waals surface area contributed by atoms with E-state index in [4.69, 9.17) is 11.1 Å². The largest absolute Gasteiger partial charge is 0.508 e. The number of hydrazine groups is 1. The zero-order chi connectivity index (χ0) is 18.5. The summed E-state index contributed by atoms with van der Waals surface area (Å²) in [6.45, 7) is 0. The van der Waals surface area contributed by atoms with Crippen LogP contribution in [0.2, 0.25) is 0 Å². The standard InChI is InChI=1S/C19H14N4O2S/c20-11-14-3-1-2-13(10-14)4-9-18(25)23(21)17-12-26-19(22-17)15-5-7-16(24)8-6-15/h1-10,12,24H,21H2. The maximum Gasteiger partial charge on any atom is 0.266 e. The van der Waals surface area contributed by atoms with Crippen molar-refractivity contribution in [2.45, 2.75) is 0 Å². The molecule has 1 aromatic heterocycles. The van der Waals surface area contributed by atoms with E-state index in [2.05, 4.69) is 4.98 Å². The highest BCUT2D eigenvalue weighted by Crippen LogP contribution is 2.28. The number of phenols is 1. The molecule has 0 atom stereocenters. The highest BCUT2D eigenvalue weighted by Gasteiger charge is 2.13. The lowest BCUT2D eigenvalue weighted by Crippen LogP contribution is -2.36. The van der Waals surface area contributed by atoms with Gasteiger partial charge in [-0.15, -0.1) is 11.3 Å². The van der Waals surface area contributed by atoms with Crippen molar-refractivity contribution in [2.24, 2.45) is 5.84 Å². The average molecular weight is 362 g/mol. The summed E-state index contributed by atoms with van der Waals surface area (Å²) in [5.41, 5.74) is 2.07. The van der Waals surface area contributed by atoms with Crippen molar-refractivity contribution in [2.75, 3.05) is 5.01 Å². The lowest BCUT2D eigenvalue weighted by Gasteiger charge is -2.10. The smallest absolute Gasteiger partial charge is 0.266 e. The number of aromatic hydroxyl groups is 1. The summed E-state index contributed by atoms with van der Waals surface area (Å²) in [4.78, 5) is 16.6. The topological polar surface area (TPSA) is 103 Å². The quantitative estimate of drug-likeness (QED) is 0.321. The first-order valence-electron chi connectivity index (χ1n) is 7.59. The minimum Gasteiger partial charge on any atom is -0.508 e. The molecule has 128 valence electrons. The third-order valence-electron chi connectivity index (χ3n) is 3.52. The molecule has 6 nitrogen and oxygen atoms in total. The Morgan fingerprint density at radius 1 is 1.27 bits per heavy atom. The molecule has 1 amide bonds. The molecule has 3 aromatic rings. The van der Waals surface area contributed by atoms with E-state index in [0.29, 0.717) is 16.4 Å². The Morgan fingerprint density at radius 3 is 2.77 bits per heavy atom. The second-order valence-electron chi connectivity index (χ2n) is 5.34. The SMILES string of the molecule is N#Cc1cccc(C=CC(=O)N(N)c2csc(-c3ccc(O)cc3)n2)c1. The molecule has 3 rings (SSSR count). The van der Waals surface area contributed by atoms with Crippen LogP contribution in [0.5, 0.6) is 5.75 Å². The molecular weight excluding hydrogens is 348 g/mol. The minimum atomic E-state index is -0.435. The van der Waals surface area contributed by atoms with Gasteiger partial charge < -0.3 is 5.11 Å². The second-order valence-corrected chi connectivity index (χ2v) is 6.19. The molecule has 0 aliphatic heterocycles. The number of nitrogens with zero attached hydrogens (tertiary/aromatic N) is 3. The number of nitriles is 1. The number of benzene rings is 2. The van der Waals surface area contributed by atoms with Gasteiger partial charge in [0.25, 0.3) is 5.91 Å². The predicted octanol–water partition coefficient (Wildman–Crippen LogP) is 3.31. The summed E-state index contributed by atoms with van der Waals surface area (Å²) >= 11 is 1.35. The summed E-state index contributed by atoms with van der Waals surface area (Å²) in [5.74, 6) is 5.93. The number of nitrogens with two attached hydrogens (primary N) is 1. The fourth-order valence-electron chi connectivity index (χ4n) is 2.19. The number of carbonyl (C=O) groups is 1. The van der Waals surface area contributed by atoms with Crippen LogP contribution in [0, 0.1) is 11.3 Å². The monoisotopic (exact) mass is 362 g/mol. The Kier molecular flexibility index (Phi) is 5.08. The Hall–Kier alpha value is -3.47. The zero-order valence-electron chi connectivity index (χ0n) is 13.5. The minimum absolute atomic E-state index is 0.173. The first-order chi connectivity index (χ1) is 12.6. The van der Waals surface area contributed by atoms with Crippen LogP contribution in [-0.4, -0.2) is 16.0 Å². The van der Waals surface area contributed by atoms with Crippen LogP contribution in [0.3, 0.4) is 0 Å². The Bertz CT molecular complexity index is 1000. The van der Waals surface area contributed by atoms with Crippen LogP contribution >= 0.6 is 11.3 Å². The predicted molar refractivity (Wildman–Crippen MR) is 101 cm³/mol. The van der Waals surface area contributed by atoms with Crippen molar-refractivity contribution in [3.8, 4) is 22.4 Å². The normalized spacial score (nSPS) is 10.6. The molecule has 2 aromatic carbocycles. The van der Waals surface area contributed by atoms with Gasteiger partial charge in [0, 0.05) is 17.0 Å². The van der Waals surface area contributed by atoms with E-state index in [9.17, 15) is 9.90 Å². The van der Waals surface area contributed by atoms with E-state index >= 15 is 0 Å². The Labute approximate surface area is 154 Å². The number of hydrogen-bond donors (Lipinski definition) is 2. The number of aromatic nitrogens is 1. The molecule has 0 aliphatic carbocycles. The van der Waals surface area contributed by atoms with Gasteiger partial charge in [-0.3, -0.25) is 4.79 Å². The second kappa shape index (κ2) is 7.61. The lowest BCUT2D eigenvalue weighted by atomic mass is 10.1. The van der Waals surface area contributed by atoms with Crippen molar-refractivity contribution in [3.63, 3.8) is 0 Å². The van der Waals surface area contributed by atoms with E-state index < -0.39 is 5.91 Å². The molecule has 1 heterocycles. The first-order valence-corrected chi connectivity index (χ1v) is 8.47. The molecular formula is C19H14N4O2S. The molecule has 0 spiro atoms. The first kappa shape index (κ1) is 17.4. The number of carbonyl (C=O) groups excluding carboxylic acids is 1. The van der Waals surface area contributed by atoms with Crippen LogP contribution in [0.1, 0.15) is 11.1 Å². The van der Waals surface area contributed by atoms with Crippen LogP contribution in [0.15, 0.2) is 60.0 Å². The summed E-state index contributed by atoms with van der Waals surface area (Å²) < 4.78 is 0. The molecule has 0 bridgehead atoms. The van der Waals surface area contributed by atoms with Crippen molar-refractivity contribution in [1.29, 1.82) is 5.26 Å². The number of anilines is 1. The molecule has 0 unspecified atom stereocenters. The fourth-order valence-corrected chi connectivity index (χ4v) is 2.99. The van der Waals surface area contributed by atoms with Gasteiger partial charge >= 0.3 is 0 Å². The van der Waals surface area contributed by atoms with Gasteiger partial charge in [0.2, 0.25) is 0 Å². The van der Waals surface area contributed by atoms with Crippen LogP contribution in [-0.2, 0) is 4.79 Å². The number of rotatable bonds is 4. The third kappa shape index (κ3) is 3.95. The summed E-state index contributed by atoms with van der Waals surface area (Å²) in [5, 5.41) is 21.6. The van der Waals surface area contributed by atoms with E-state index in [1.807, 2.05) is 6.07 Å². The molecule has 3 N–H and O–H groups in total. The van der Waals surface area contributed by atoms with E-state index in [-0.39, 0.29) is 5.75 Å². The lowest BCUT2D eigenvalue weighted by molar-refractivity contribution is -0.114. The van der Waals surface area contributed by atoms with Crippen molar-refractivity contribution in [1.82, 2.24) is 4.98 Å². The Balaban J connectivity index is 1.73. The van der Waals surface area contributed by atoms with Gasteiger partial charge in [0.05, 0.1) is 11.6 Å². The van der Waals surface area contributed by atoms with Gasteiger partial charge in [0.1, 0.15) is 10.8 Å². The highest BCUT2D eigenvalue weighted by atomic mass is 32.1. The maximum atomic E-state index is 12.2. The molecule has 0 saturated heterocycles. The summed E-state index contributed by atoms with van der Waals surface area (Å²) in [6.07, 6.45) is 2.92. The molecule has 26 heavy (non-hydrogen) atoms. The number of phenolic OH excluding ortho intramolecular Hbond substituents is 1. The molecule has 0 saturated carbocycles. The molecule has 0 radical (unpaired) electrons. The summed E-state index contributed by atoms with van der Waals surface area (Å²) in [6, 6.07) is 15.6. The highest BCUT2D eigenvalue weighted by molar-refractivity contribution is 7.13. The van der Waals surface area contributed by atoms with Gasteiger partial charge in [-0.2, -0.15) is 5.26 Å². The van der Waals surface area contributed by atoms with Crippen LogP contribution < -0.4 is 10.9 Å².